The summed E-state index contributed by atoms with van der Waals surface area (Å²) in [4.78, 5) is 2.45. The monoisotopic (exact) mass is 362 g/mol. The van der Waals surface area contributed by atoms with E-state index in [1.807, 2.05) is 12.1 Å². The molecule has 1 atom stereocenters. The minimum Gasteiger partial charge on any atom is -0.314 e. The predicted molar refractivity (Wildman–Crippen MR) is 85.9 cm³/mol. The van der Waals surface area contributed by atoms with Crippen molar-refractivity contribution in [3.05, 3.63) is 34.1 Å². The molecule has 0 unspecified atom stereocenters. The molecule has 1 saturated carbocycles. The van der Waals surface area contributed by atoms with Crippen LogP contribution >= 0.6 is 28.3 Å². The van der Waals surface area contributed by atoms with Crippen LogP contribution in [0.25, 0.3) is 0 Å². The van der Waals surface area contributed by atoms with Crippen LogP contribution in [0.2, 0.25) is 0 Å². The van der Waals surface area contributed by atoms with Gasteiger partial charge >= 0.3 is 0 Å². The number of nitrogens with one attached hydrogen (secondary N) is 1. The number of nitrogens with zero attached hydrogens (tertiary/aromatic N) is 1. The summed E-state index contributed by atoms with van der Waals surface area (Å²) >= 11 is 3.34. The summed E-state index contributed by atoms with van der Waals surface area (Å²) in [6, 6.07) is 5.76. The molecule has 1 heterocycles. The average Bonchev–Trinajstić information content (AvgIpc) is 3.22. The lowest BCUT2D eigenvalue weighted by Gasteiger charge is -2.35. The van der Waals surface area contributed by atoms with Gasteiger partial charge in [-0.3, -0.25) is 4.90 Å². The Balaban J connectivity index is 0.00000147. The molecule has 2 aliphatic rings. The minimum absolute atomic E-state index is 0. The molecule has 1 aliphatic carbocycles. The van der Waals surface area contributed by atoms with Crippen molar-refractivity contribution < 1.29 is 4.39 Å². The van der Waals surface area contributed by atoms with E-state index in [0.717, 1.165) is 48.6 Å². The molecule has 5 heteroatoms. The molecule has 0 bridgehead atoms. The van der Waals surface area contributed by atoms with Crippen LogP contribution in [0.5, 0.6) is 0 Å². The molecule has 3 rings (SSSR count). The van der Waals surface area contributed by atoms with E-state index in [1.165, 1.54) is 12.8 Å². The third kappa shape index (κ3) is 3.94. The quantitative estimate of drug-likeness (QED) is 0.876. The van der Waals surface area contributed by atoms with Crippen molar-refractivity contribution in [1.82, 2.24) is 10.2 Å². The lowest BCUT2D eigenvalue weighted by Crippen LogP contribution is -2.45. The number of hydrogen-bond donors (Lipinski definition) is 1. The molecule has 1 aliphatic heterocycles. The number of hydrogen-bond acceptors (Lipinski definition) is 2. The van der Waals surface area contributed by atoms with Crippen LogP contribution in [0.4, 0.5) is 4.39 Å². The van der Waals surface area contributed by atoms with E-state index in [-0.39, 0.29) is 24.3 Å². The molecule has 2 nitrogen and oxygen atoms in total. The van der Waals surface area contributed by atoms with Gasteiger partial charge in [0.05, 0.1) is 0 Å². The third-order valence-electron chi connectivity index (χ3n) is 4.17. The van der Waals surface area contributed by atoms with E-state index >= 15 is 0 Å². The summed E-state index contributed by atoms with van der Waals surface area (Å²) in [7, 11) is 0. The third-order valence-corrected chi connectivity index (χ3v) is 4.66. The number of rotatable bonds is 4. The molecule has 0 amide bonds. The molecule has 0 aromatic heterocycles. The zero-order valence-electron chi connectivity index (χ0n) is 11.4. The van der Waals surface area contributed by atoms with E-state index in [9.17, 15) is 4.39 Å². The van der Waals surface area contributed by atoms with Crippen molar-refractivity contribution in [3.63, 3.8) is 0 Å². The molecule has 1 saturated heterocycles. The molecule has 1 aromatic carbocycles. The van der Waals surface area contributed by atoms with Gasteiger partial charge in [0.2, 0.25) is 0 Å². The Morgan fingerprint density at radius 3 is 2.60 bits per heavy atom. The van der Waals surface area contributed by atoms with Crippen LogP contribution < -0.4 is 5.32 Å². The normalized spacial score (nSPS) is 21.3. The highest BCUT2D eigenvalue weighted by Crippen LogP contribution is 2.41. The summed E-state index contributed by atoms with van der Waals surface area (Å²) in [6.45, 7) is 4.07. The molecule has 1 N–H and O–H groups in total. The highest BCUT2D eigenvalue weighted by molar-refractivity contribution is 9.10. The Hall–Kier alpha value is -0.160. The van der Waals surface area contributed by atoms with Crippen LogP contribution in [-0.2, 0) is 0 Å². The van der Waals surface area contributed by atoms with Gasteiger partial charge in [-0.05, 0) is 24.5 Å². The highest BCUT2D eigenvalue weighted by Gasteiger charge is 2.31. The molecular formula is C15H21BrClFN2. The van der Waals surface area contributed by atoms with Crippen molar-refractivity contribution in [2.75, 3.05) is 26.2 Å². The maximum Gasteiger partial charge on any atom is 0.129 e. The van der Waals surface area contributed by atoms with E-state index < -0.39 is 0 Å². The van der Waals surface area contributed by atoms with Gasteiger partial charge < -0.3 is 5.32 Å². The molecule has 0 radical (unpaired) electrons. The van der Waals surface area contributed by atoms with E-state index in [0.29, 0.717) is 0 Å². The zero-order chi connectivity index (χ0) is 13.2. The zero-order valence-corrected chi connectivity index (χ0v) is 13.9. The first-order chi connectivity index (χ1) is 9.24. The van der Waals surface area contributed by atoms with E-state index in [1.54, 1.807) is 6.07 Å². The van der Waals surface area contributed by atoms with Crippen molar-refractivity contribution >= 4 is 28.3 Å². The van der Waals surface area contributed by atoms with Gasteiger partial charge in [-0.1, -0.05) is 34.8 Å². The van der Waals surface area contributed by atoms with Gasteiger partial charge in [0.1, 0.15) is 5.82 Å². The second-order valence-corrected chi connectivity index (χ2v) is 6.56. The van der Waals surface area contributed by atoms with Gasteiger partial charge in [-0.2, -0.15) is 0 Å². The topological polar surface area (TPSA) is 15.3 Å². The van der Waals surface area contributed by atoms with Gasteiger partial charge in [0.15, 0.2) is 0 Å². The Kier molecular flexibility index (Phi) is 5.84. The first kappa shape index (κ1) is 16.2. The second-order valence-electron chi connectivity index (χ2n) is 5.65. The van der Waals surface area contributed by atoms with Gasteiger partial charge in [0.25, 0.3) is 0 Å². The van der Waals surface area contributed by atoms with Crippen LogP contribution in [0, 0.1) is 11.7 Å². The van der Waals surface area contributed by atoms with Crippen molar-refractivity contribution in [2.24, 2.45) is 5.92 Å². The van der Waals surface area contributed by atoms with Crippen LogP contribution in [0.3, 0.4) is 0 Å². The molecule has 112 valence electrons. The second kappa shape index (κ2) is 7.21. The van der Waals surface area contributed by atoms with Gasteiger partial charge in [0, 0.05) is 42.3 Å². The molecule has 1 aromatic rings. The average molecular weight is 364 g/mol. The standard InChI is InChI=1S/C15H20BrFN2.ClH/c16-12-3-4-13(14(17)10-12)15(9-11-1-2-11)19-7-5-18-6-8-19;/h3-4,10-11,15,18H,1-2,5-9H2;1H/t15-;/m0./s1. The van der Waals surface area contributed by atoms with E-state index in [4.69, 9.17) is 0 Å². The van der Waals surface area contributed by atoms with E-state index in [2.05, 4.69) is 26.1 Å². The van der Waals surface area contributed by atoms with Crippen LogP contribution in [0.15, 0.2) is 22.7 Å². The van der Waals surface area contributed by atoms with Gasteiger partial charge in [-0.25, -0.2) is 4.39 Å². The first-order valence-electron chi connectivity index (χ1n) is 7.14. The van der Waals surface area contributed by atoms with Crippen LogP contribution in [-0.4, -0.2) is 31.1 Å². The predicted octanol–water partition coefficient (Wildman–Crippen LogP) is 3.76. The lowest BCUT2D eigenvalue weighted by atomic mass is 9.98. The molecular weight excluding hydrogens is 343 g/mol. The Morgan fingerprint density at radius 1 is 1.30 bits per heavy atom. The maximum absolute atomic E-state index is 14.3. The maximum atomic E-state index is 14.3. The van der Waals surface area contributed by atoms with Crippen LogP contribution in [0.1, 0.15) is 30.9 Å². The fraction of sp³-hybridized carbons (Fsp3) is 0.600. The van der Waals surface area contributed by atoms with Crippen molar-refractivity contribution in [2.45, 2.75) is 25.3 Å². The first-order valence-corrected chi connectivity index (χ1v) is 7.93. The fourth-order valence-corrected chi connectivity index (χ4v) is 3.24. The number of halogens is 3. The van der Waals surface area contributed by atoms with Crippen molar-refractivity contribution in [1.29, 1.82) is 0 Å². The minimum atomic E-state index is -0.0708. The summed E-state index contributed by atoms with van der Waals surface area (Å²) < 4.78 is 15.1. The highest BCUT2D eigenvalue weighted by atomic mass is 79.9. The smallest absolute Gasteiger partial charge is 0.129 e. The Bertz CT molecular complexity index is 447. The summed E-state index contributed by atoms with van der Waals surface area (Å²) in [5.74, 6) is 0.737. The molecule has 2 fully saturated rings. The molecule has 20 heavy (non-hydrogen) atoms. The lowest BCUT2D eigenvalue weighted by molar-refractivity contribution is 0.157. The number of piperazine rings is 1. The summed E-state index contributed by atoms with van der Waals surface area (Å²) in [5, 5.41) is 3.37. The van der Waals surface area contributed by atoms with Gasteiger partial charge in [-0.15, -0.1) is 12.4 Å². The fourth-order valence-electron chi connectivity index (χ4n) is 2.91. The number of benzene rings is 1. The largest absolute Gasteiger partial charge is 0.314 e. The molecule has 0 spiro atoms. The Labute approximate surface area is 134 Å². The SMILES string of the molecule is Cl.Fc1cc(Br)ccc1[C@H](CC1CC1)N1CCNCC1. The summed E-state index contributed by atoms with van der Waals surface area (Å²) in [5.41, 5.74) is 0.872. The van der Waals surface area contributed by atoms with Crippen molar-refractivity contribution in [3.8, 4) is 0 Å². The summed E-state index contributed by atoms with van der Waals surface area (Å²) in [6.07, 6.45) is 3.75. The Morgan fingerprint density at radius 2 is 2.00 bits per heavy atom.